The van der Waals surface area contributed by atoms with Gasteiger partial charge in [0.05, 0.1) is 13.2 Å². The molecule has 0 aliphatic carbocycles. The van der Waals surface area contributed by atoms with Gasteiger partial charge in [-0.1, -0.05) is 0 Å². The third-order valence-corrected chi connectivity index (χ3v) is 1.56. The van der Waals surface area contributed by atoms with Crippen molar-refractivity contribution in [2.24, 2.45) is 0 Å². The van der Waals surface area contributed by atoms with E-state index in [1.54, 1.807) is 14.0 Å². The lowest BCUT2D eigenvalue weighted by molar-refractivity contribution is 0.0519. The second-order valence-corrected chi connectivity index (χ2v) is 2.59. The van der Waals surface area contributed by atoms with Crippen molar-refractivity contribution >= 4 is 5.97 Å². The highest BCUT2D eigenvalue weighted by Crippen LogP contribution is 2.04. The SMILES string of the molecule is CCOC(=O)c1coc(CCOC)n1. The lowest BCUT2D eigenvalue weighted by atomic mass is 10.4. The largest absolute Gasteiger partial charge is 0.461 e. The van der Waals surface area contributed by atoms with Crippen LogP contribution in [0.3, 0.4) is 0 Å². The summed E-state index contributed by atoms with van der Waals surface area (Å²) >= 11 is 0. The fourth-order valence-electron chi connectivity index (χ4n) is 0.914. The maximum absolute atomic E-state index is 11.2. The molecule has 0 N–H and O–H groups in total. The summed E-state index contributed by atoms with van der Waals surface area (Å²) in [5.41, 5.74) is 0.206. The van der Waals surface area contributed by atoms with Crippen LogP contribution in [-0.2, 0) is 15.9 Å². The number of esters is 1. The van der Waals surface area contributed by atoms with E-state index in [0.717, 1.165) is 0 Å². The molecular formula is C9H13NO4. The first-order valence-corrected chi connectivity index (χ1v) is 4.38. The van der Waals surface area contributed by atoms with Gasteiger partial charge in [0, 0.05) is 13.5 Å². The highest BCUT2D eigenvalue weighted by molar-refractivity contribution is 5.86. The number of rotatable bonds is 5. The van der Waals surface area contributed by atoms with Gasteiger partial charge in [-0.15, -0.1) is 0 Å². The molecule has 78 valence electrons. The zero-order valence-corrected chi connectivity index (χ0v) is 8.28. The van der Waals surface area contributed by atoms with Crippen molar-refractivity contribution in [2.75, 3.05) is 20.3 Å². The fourth-order valence-corrected chi connectivity index (χ4v) is 0.914. The minimum absolute atomic E-state index is 0.206. The van der Waals surface area contributed by atoms with Gasteiger partial charge in [0.25, 0.3) is 0 Å². The maximum atomic E-state index is 11.2. The summed E-state index contributed by atoms with van der Waals surface area (Å²) < 4.78 is 14.6. The van der Waals surface area contributed by atoms with Crippen LogP contribution in [0.4, 0.5) is 0 Å². The van der Waals surface area contributed by atoms with Crippen molar-refractivity contribution in [1.82, 2.24) is 4.98 Å². The highest BCUT2D eigenvalue weighted by atomic mass is 16.5. The van der Waals surface area contributed by atoms with Crippen molar-refractivity contribution in [3.8, 4) is 0 Å². The van der Waals surface area contributed by atoms with Crippen LogP contribution in [0.5, 0.6) is 0 Å². The van der Waals surface area contributed by atoms with Crippen LogP contribution >= 0.6 is 0 Å². The maximum Gasteiger partial charge on any atom is 0.360 e. The van der Waals surface area contributed by atoms with Gasteiger partial charge in [0.2, 0.25) is 0 Å². The molecule has 1 rings (SSSR count). The molecule has 0 bridgehead atoms. The molecule has 0 saturated heterocycles. The van der Waals surface area contributed by atoms with E-state index in [4.69, 9.17) is 13.9 Å². The number of carbonyl (C=O) groups excluding carboxylic acids is 1. The van der Waals surface area contributed by atoms with E-state index >= 15 is 0 Å². The quantitative estimate of drug-likeness (QED) is 0.663. The summed E-state index contributed by atoms with van der Waals surface area (Å²) in [6.45, 7) is 2.59. The van der Waals surface area contributed by atoms with E-state index in [9.17, 15) is 4.79 Å². The average Bonchev–Trinajstić information content (AvgIpc) is 2.63. The first-order chi connectivity index (χ1) is 6.77. The average molecular weight is 199 g/mol. The van der Waals surface area contributed by atoms with E-state index < -0.39 is 5.97 Å². The normalized spacial score (nSPS) is 10.1. The molecule has 0 amide bonds. The second kappa shape index (κ2) is 5.39. The van der Waals surface area contributed by atoms with Gasteiger partial charge in [-0.05, 0) is 6.92 Å². The van der Waals surface area contributed by atoms with Crippen LogP contribution in [0, 0.1) is 0 Å². The molecule has 0 aliphatic heterocycles. The number of methoxy groups -OCH3 is 1. The van der Waals surface area contributed by atoms with Crippen molar-refractivity contribution < 1.29 is 18.7 Å². The van der Waals surface area contributed by atoms with E-state index in [0.29, 0.717) is 25.5 Å². The molecule has 0 radical (unpaired) electrons. The molecule has 1 aromatic heterocycles. The molecule has 14 heavy (non-hydrogen) atoms. The topological polar surface area (TPSA) is 61.6 Å². The standard InChI is InChI=1S/C9H13NO4/c1-3-13-9(11)7-6-14-8(10-7)4-5-12-2/h6H,3-5H2,1-2H3. The number of ether oxygens (including phenoxy) is 2. The third kappa shape index (κ3) is 2.85. The Hall–Kier alpha value is -1.36. The number of oxazole rings is 1. The summed E-state index contributed by atoms with van der Waals surface area (Å²) in [4.78, 5) is 15.1. The Morgan fingerprint density at radius 3 is 3.07 bits per heavy atom. The van der Waals surface area contributed by atoms with Crippen molar-refractivity contribution in [1.29, 1.82) is 0 Å². The molecule has 0 saturated carbocycles. The van der Waals surface area contributed by atoms with E-state index in [1.807, 2.05) is 0 Å². The molecular weight excluding hydrogens is 186 g/mol. The summed E-state index contributed by atoms with van der Waals surface area (Å²) in [6, 6.07) is 0. The molecule has 0 aliphatic rings. The first-order valence-electron chi connectivity index (χ1n) is 4.38. The van der Waals surface area contributed by atoms with Gasteiger partial charge < -0.3 is 13.9 Å². The molecule has 0 unspecified atom stereocenters. The van der Waals surface area contributed by atoms with Crippen molar-refractivity contribution in [3.63, 3.8) is 0 Å². The Morgan fingerprint density at radius 1 is 1.64 bits per heavy atom. The van der Waals surface area contributed by atoms with Crippen LogP contribution < -0.4 is 0 Å². The monoisotopic (exact) mass is 199 g/mol. The van der Waals surface area contributed by atoms with Crippen LogP contribution in [0.15, 0.2) is 10.7 Å². The summed E-state index contributed by atoms with van der Waals surface area (Å²) in [6.07, 6.45) is 1.85. The van der Waals surface area contributed by atoms with Crippen molar-refractivity contribution in [2.45, 2.75) is 13.3 Å². The van der Waals surface area contributed by atoms with Gasteiger partial charge >= 0.3 is 5.97 Å². The van der Waals surface area contributed by atoms with E-state index in [1.165, 1.54) is 6.26 Å². The Balaban J connectivity index is 2.54. The molecule has 0 fully saturated rings. The summed E-state index contributed by atoms with van der Waals surface area (Å²) in [5.74, 6) is 0.0230. The van der Waals surface area contributed by atoms with Crippen LogP contribution in [0.1, 0.15) is 23.3 Å². The Kier molecular flexibility index (Phi) is 4.12. The Bertz CT molecular complexity index is 295. The number of hydrogen-bond donors (Lipinski definition) is 0. The van der Waals surface area contributed by atoms with Crippen LogP contribution in [-0.4, -0.2) is 31.3 Å². The lowest BCUT2D eigenvalue weighted by Crippen LogP contribution is -2.05. The lowest BCUT2D eigenvalue weighted by Gasteiger charge is -1.95. The fraction of sp³-hybridized carbons (Fsp3) is 0.556. The zero-order valence-electron chi connectivity index (χ0n) is 8.28. The number of carbonyl (C=O) groups is 1. The summed E-state index contributed by atoms with van der Waals surface area (Å²) in [5, 5.41) is 0. The van der Waals surface area contributed by atoms with Gasteiger partial charge in [-0.2, -0.15) is 0 Å². The number of nitrogens with zero attached hydrogens (tertiary/aromatic N) is 1. The van der Waals surface area contributed by atoms with Gasteiger partial charge in [0.15, 0.2) is 11.6 Å². The van der Waals surface area contributed by atoms with Gasteiger partial charge in [-0.3, -0.25) is 0 Å². The van der Waals surface area contributed by atoms with E-state index in [2.05, 4.69) is 4.98 Å². The number of aromatic nitrogens is 1. The molecule has 1 aromatic rings. The third-order valence-electron chi connectivity index (χ3n) is 1.56. The smallest absolute Gasteiger partial charge is 0.360 e. The second-order valence-electron chi connectivity index (χ2n) is 2.59. The molecule has 0 atom stereocenters. The predicted octanol–water partition coefficient (Wildman–Crippen LogP) is 1.04. The van der Waals surface area contributed by atoms with E-state index in [-0.39, 0.29) is 5.69 Å². The molecule has 0 spiro atoms. The molecule has 0 aromatic carbocycles. The zero-order chi connectivity index (χ0) is 10.4. The number of hydrogen-bond acceptors (Lipinski definition) is 5. The minimum atomic E-state index is -0.458. The van der Waals surface area contributed by atoms with Crippen LogP contribution in [0.25, 0.3) is 0 Å². The minimum Gasteiger partial charge on any atom is -0.461 e. The van der Waals surface area contributed by atoms with Gasteiger partial charge in [-0.25, -0.2) is 9.78 Å². The summed E-state index contributed by atoms with van der Waals surface area (Å²) in [7, 11) is 1.59. The molecule has 5 heteroatoms. The predicted molar refractivity (Wildman–Crippen MR) is 48.0 cm³/mol. The Labute approximate surface area is 82.0 Å². The first kappa shape index (κ1) is 10.7. The molecule has 5 nitrogen and oxygen atoms in total. The highest BCUT2D eigenvalue weighted by Gasteiger charge is 2.12. The van der Waals surface area contributed by atoms with Gasteiger partial charge in [0.1, 0.15) is 6.26 Å². The van der Waals surface area contributed by atoms with Crippen molar-refractivity contribution in [3.05, 3.63) is 17.8 Å². The Morgan fingerprint density at radius 2 is 2.43 bits per heavy atom. The molecule has 1 heterocycles. The van der Waals surface area contributed by atoms with Crippen LogP contribution in [0.2, 0.25) is 0 Å².